The van der Waals surface area contributed by atoms with Gasteiger partial charge in [-0.3, -0.25) is 0 Å². The molecule has 6 heteroatoms. The number of nitrogen functional groups attached to an aromatic ring is 1. The number of nitrogens with two attached hydrogens (primary N) is 1. The zero-order valence-electron chi connectivity index (χ0n) is 9.54. The van der Waals surface area contributed by atoms with E-state index < -0.39 is 18.2 Å². The minimum absolute atomic E-state index is 0.0115. The molecular formula is C13H9F4NO. The number of halogens is 4. The number of benzene rings is 2. The fourth-order valence-corrected chi connectivity index (χ4v) is 1.61. The van der Waals surface area contributed by atoms with Crippen LogP contribution in [-0.4, -0.2) is 6.61 Å². The van der Waals surface area contributed by atoms with Gasteiger partial charge in [-0.25, -0.2) is 8.78 Å². The molecule has 0 bridgehead atoms. The number of rotatable bonds is 3. The highest BCUT2D eigenvalue weighted by atomic mass is 19.3. The molecule has 0 spiro atoms. The van der Waals surface area contributed by atoms with Crippen LogP contribution in [0.1, 0.15) is 0 Å². The van der Waals surface area contributed by atoms with E-state index in [-0.39, 0.29) is 11.4 Å². The second-order valence-electron chi connectivity index (χ2n) is 3.76. The summed E-state index contributed by atoms with van der Waals surface area (Å²) in [6, 6.07) is 7.37. The Bertz CT molecular complexity index is 601. The standard InChI is InChI=1S/C13H9F4NO/c14-9-3-1-7(5-10(9)15)8-2-4-12(11(18)6-8)19-13(16)17/h1-6,13H,18H2. The minimum atomic E-state index is -2.98. The minimum Gasteiger partial charge on any atom is -0.433 e. The van der Waals surface area contributed by atoms with Crippen LogP contribution in [0, 0.1) is 11.6 Å². The van der Waals surface area contributed by atoms with Gasteiger partial charge in [0.25, 0.3) is 0 Å². The lowest BCUT2D eigenvalue weighted by molar-refractivity contribution is -0.0493. The van der Waals surface area contributed by atoms with Crippen LogP contribution in [0.15, 0.2) is 36.4 Å². The van der Waals surface area contributed by atoms with Crippen molar-refractivity contribution in [3.63, 3.8) is 0 Å². The molecule has 19 heavy (non-hydrogen) atoms. The van der Waals surface area contributed by atoms with Crippen LogP contribution in [0.2, 0.25) is 0 Å². The van der Waals surface area contributed by atoms with Crippen molar-refractivity contribution in [1.82, 2.24) is 0 Å². The summed E-state index contributed by atoms with van der Waals surface area (Å²) in [4.78, 5) is 0. The van der Waals surface area contributed by atoms with E-state index in [2.05, 4.69) is 4.74 Å². The van der Waals surface area contributed by atoms with Crippen molar-refractivity contribution in [1.29, 1.82) is 0 Å². The first-order chi connectivity index (χ1) is 8.97. The van der Waals surface area contributed by atoms with Gasteiger partial charge in [0.2, 0.25) is 0 Å². The topological polar surface area (TPSA) is 35.2 Å². The van der Waals surface area contributed by atoms with Gasteiger partial charge in [0, 0.05) is 0 Å². The molecule has 2 aromatic carbocycles. The molecule has 0 radical (unpaired) electrons. The fraction of sp³-hybridized carbons (Fsp3) is 0.0769. The highest BCUT2D eigenvalue weighted by Gasteiger charge is 2.10. The second kappa shape index (κ2) is 5.17. The van der Waals surface area contributed by atoms with Crippen LogP contribution >= 0.6 is 0 Å². The van der Waals surface area contributed by atoms with Crippen molar-refractivity contribution in [2.24, 2.45) is 0 Å². The summed E-state index contributed by atoms with van der Waals surface area (Å²) < 4.78 is 54.2. The smallest absolute Gasteiger partial charge is 0.387 e. The second-order valence-corrected chi connectivity index (χ2v) is 3.76. The predicted molar refractivity (Wildman–Crippen MR) is 62.8 cm³/mol. The van der Waals surface area contributed by atoms with Crippen LogP contribution in [0.4, 0.5) is 23.2 Å². The Labute approximate surface area is 106 Å². The fourth-order valence-electron chi connectivity index (χ4n) is 1.61. The maximum Gasteiger partial charge on any atom is 0.387 e. The molecule has 2 aromatic rings. The van der Waals surface area contributed by atoms with Crippen LogP contribution in [0.25, 0.3) is 11.1 Å². The van der Waals surface area contributed by atoms with Crippen LogP contribution in [0.5, 0.6) is 5.75 Å². The molecular weight excluding hydrogens is 262 g/mol. The lowest BCUT2D eigenvalue weighted by Crippen LogP contribution is -2.04. The largest absolute Gasteiger partial charge is 0.433 e. The van der Waals surface area contributed by atoms with Gasteiger partial charge in [-0.05, 0) is 35.4 Å². The quantitative estimate of drug-likeness (QED) is 0.680. The molecule has 0 saturated heterocycles. The third-order valence-electron chi connectivity index (χ3n) is 2.48. The number of hydrogen-bond acceptors (Lipinski definition) is 2. The lowest BCUT2D eigenvalue weighted by atomic mass is 10.0. The first-order valence-electron chi connectivity index (χ1n) is 5.27. The van der Waals surface area contributed by atoms with Crippen molar-refractivity contribution in [2.75, 3.05) is 5.73 Å². The van der Waals surface area contributed by atoms with Crippen LogP contribution in [0.3, 0.4) is 0 Å². The zero-order chi connectivity index (χ0) is 14.0. The van der Waals surface area contributed by atoms with Crippen molar-refractivity contribution >= 4 is 5.69 Å². The molecule has 100 valence electrons. The summed E-state index contributed by atoms with van der Waals surface area (Å²) in [5, 5.41) is 0. The van der Waals surface area contributed by atoms with Crippen molar-refractivity contribution in [2.45, 2.75) is 6.61 Å². The Morgan fingerprint density at radius 2 is 1.53 bits per heavy atom. The molecule has 0 aliphatic heterocycles. The molecule has 0 aliphatic rings. The Balaban J connectivity index is 2.36. The number of hydrogen-bond donors (Lipinski definition) is 1. The lowest BCUT2D eigenvalue weighted by Gasteiger charge is -2.09. The molecule has 0 atom stereocenters. The van der Waals surface area contributed by atoms with E-state index in [1.54, 1.807) is 0 Å². The van der Waals surface area contributed by atoms with Gasteiger partial charge in [0.05, 0.1) is 5.69 Å². The number of ether oxygens (including phenoxy) is 1. The van der Waals surface area contributed by atoms with E-state index in [1.807, 2.05) is 0 Å². The third-order valence-corrected chi connectivity index (χ3v) is 2.48. The monoisotopic (exact) mass is 271 g/mol. The van der Waals surface area contributed by atoms with E-state index in [1.165, 1.54) is 24.3 Å². The molecule has 0 unspecified atom stereocenters. The van der Waals surface area contributed by atoms with Crippen LogP contribution < -0.4 is 10.5 Å². The summed E-state index contributed by atoms with van der Waals surface area (Å²) in [5.41, 5.74) is 6.39. The van der Waals surface area contributed by atoms with Gasteiger partial charge >= 0.3 is 6.61 Å². The highest BCUT2D eigenvalue weighted by molar-refractivity contribution is 5.70. The third kappa shape index (κ3) is 2.96. The van der Waals surface area contributed by atoms with Crippen molar-refractivity contribution in [3.8, 4) is 16.9 Å². The van der Waals surface area contributed by atoms with Gasteiger partial charge in [-0.1, -0.05) is 12.1 Å². The van der Waals surface area contributed by atoms with Gasteiger partial charge in [-0.2, -0.15) is 8.78 Å². The predicted octanol–water partition coefficient (Wildman–Crippen LogP) is 3.82. The summed E-state index contributed by atoms with van der Waals surface area (Å²) in [6.45, 7) is -2.98. The average molecular weight is 271 g/mol. The molecule has 2 N–H and O–H groups in total. The van der Waals surface area contributed by atoms with Crippen molar-refractivity contribution < 1.29 is 22.3 Å². The van der Waals surface area contributed by atoms with Gasteiger partial charge in [-0.15, -0.1) is 0 Å². The normalized spacial score (nSPS) is 10.8. The first kappa shape index (κ1) is 13.2. The Kier molecular flexibility index (Phi) is 3.59. The molecule has 2 nitrogen and oxygen atoms in total. The maximum atomic E-state index is 13.1. The molecule has 0 fully saturated rings. The van der Waals surface area contributed by atoms with Crippen molar-refractivity contribution in [3.05, 3.63) is 48.0 Å². The van der Waals surface area contributed by atoms with Gasteiger partial charge in [0.1, 0.15) is 5.75 Å². The van der Waals surface area contributed by atoms with E-state index in [4.69, 9.17) is 5.73 Å². The molecule has 0 aromatic heterocycles. The average Bonchev–Trinajstić information content (AvgIpc) is 2.35. The van der Waals surface area contributed by atoms with Crippen LogP contribution in [-0.2, 0) is 0 Å². The molecule has 2 rings (SSSR count). The maximum absolute atomic E-state index is 13.1. The Hall–Kier alpha value is -2.24. The summed E-state index contributed by atoms with van der Waals surface area (Å²) in [5.74, 6) is -2.13. The SMILES string of the molecule is Nc1cc(-c2ccc(F)c(F)c2)ccc1OC(F)F. The number of anilines is 1. The first-order valence-corrected chi connectivity index (χ1v) is 5.27. The summed E-state index contributed by atoms with van der Waals surface area (Å²) in [7, 11) is 0. The Morgan fingerprint density at radius 1 is 0.895 bits per heavy atom. The van der Waals surface area contributed by atoms with Gasteiger partial charge < -0.3 is 10.5 Å². The molecule has 0 heterocycles. The highest BCUT2D eigenvalue weighted by Crippen LogP contribution is 2.30. The molecule has 0 amide bonds. The Morgan fingerprint density at radius 3 is 2.11 bits per heavy atom. The number of alkyl halides is 2. The molecule has 0 saturated carbocycles. The van der Waals surface area contributed by atoms with Gasteiger partial charge in [0.15, 0.2) is 11.6 Å². The van der Waals surface area contributed by atoms with E-state index >= 15 is 0 Å². The summed E-state index contributed by atoms with van der Waals surface area (Å²) in [6.07, 6.45) is 0. The summed E-state index contributed by atoms with van der Waals surface area (Å²) >= 11 is 0. The zero-order valence-corrected chi connectivity index (χ0v) is 9.54. The van der Waals surface area contributed by atoms with E-state index in [0.717, 1.165) is 12.1 Å². The van der Waals surface area contributed by atoms with E-state index in [9.17, 15) is 17.6 Å². The van der Waals surface area contributed by atoms with E-state index in [0.29, 0.717) is 11.1 Å². The molecule has 0 aliphatic carbocycles.